The molecule has 1 fully saturated rings. The van der Waals surface area contributed by atoms with Crippen LogP contribution in [0.2, 0.25) is 0 Å². The summed E-state index contributed by atoms with van der Waals surface area (Å²) in [5.41, 5.74) is 0.374. The molecule has 0 aromatic heterocycles. The average molecular weight is 598 g/mol. The number of hydrogen-bond donors (Lipinski definition) is 2. The van der Waals surface area contributed by atoms with Gasteiger partial charge in [-0.15, -0.1) is 0 Å². The van der Waals surface area contributed by atoms with Gasteiger partial charge < -0.3 is 20.1 Å². The first-order chi connectivity index (χ1) is 19.0. The van der Waals surface area contributed by atoms with Crippen LogP contribution in [0.1, 0.15) is 41.6 Å². The van der Waals surface area contributed by atoms with Crippen molar-refractivity contribution < 1.29 is 40.3 Å². The van der Waals surface area contributed by atoms with Gasteiger partial charge in [0.2, 0.25) is 15.9 Å². The Bertz CT molecular complexity index is 1480. The smallest absolute Gasteiger partial charge is 0.251 e. The molecule has 0 aliphatic carbocycles. The number of fused-ring (bicyclic) bond motifs is 13. The SMILES string of the molecule is COc1cc2ccc1Oc1cccc(F)c1CNC(=O)CCCN(S(=O)(=O)C1CCS(=O)(=O)C1)CCCNC2=O. The van der Waals surface area contributed by atoms with Crippen molar-refractivity contribution in [1.29, 1.82) is 0 Å². The molecule has 3 heterocycles. The predicted molar refractivity (Wildman–Crippen MR) is 145 cm³/mol. The average Bonchev–Trinajstić information content (AvgIpc) is 3.29. The van der Waals surface area contributed by atoms with Crippen LogP contribution >= 0.6 is 0 Å². The third-order valence-corrected chi connectivity index (χ3v) is 11.1. The minimum absolute atomic E-state index is 0.00727. The highest BCUT2D eigenvalue weighted by Crippen LogP contribution is 2.34. The highest BCUT2D eigenvalue weighted by molar-refractivity contribution is 7.95. The molecule has 2 bridgehead atoms. The lowest BCUT2D eigenvalue weighted by Crippen LogP contribution is -2.41. The first-order valence-corrected chi connectivity index (χ1v) is 16.2. The number of methoxy groups -OCH3 is 1. The van der Waals surface area contributed by atoms with E-state index in [-0.39, 0.29) is 86.0 Å². The number of amides is 2. The fraction of sp³-hybridized carbons (Fsp3) is 0.462. The summed E-state index contributed by atoms with van der Waals surface area (Å²) >= 11 is 0. The zero-order valence-electron chi connectivity index (χ0n) is 22.0. The Hall–Kier alpha value is -3.23. The molecule has 2 N–H and O–H groups in total. The Balaban J connectivity index is 1.59. The molecule has 14 heteroatoms. The molecule has 218 valence electrons. The topological polar surface area (TPSA) is 148 Å². The highest BCUT2D eigenvalue weighted by atomic mass is 32.2. The van der Waals surface area contributed by atoms with Gasteiger partial charge in [0.25, 0.3) is 5.91 Å². The normalized spacial score (nSPS) is 21.2. The second-order valence-electron chi connectivity index (χ2n) is 9.64. The standard InChI is InChI=1S/C26H32FN3O8S2/c1-37-24-15-18-8-9-23(24)38-22-6-2-5-21(27)20(22)16-29-25(31)7-3-12-30(13-4-11-28-26(18)32)40(35,36)19-10-14-39(33,34)17-19/h2,5-6,8-9,15,19H,3-4,7,10-14,16-17H2,1H3,(H,28,32)(H,29,31). The van der Waals surface area contributed by atoms with Gasteiger partial charge in [-0.3, -0.25) is 9.59 Å². The number of halogens is 1. The van der Waals surface area contributed by atoms with Crippen molar-refractivity contribution in [1.82, 2.24) is 14.9 Å². The van der Waals surface area contributed by atoms with Gasteiger partial charge in [-0.1, -0.05) is 6.07 Å². The number of sulfone groups is 1. The van der Waals surface area contributed by atoms with E-state index in [0.717, 1.165) is 0 Å². The van der Waals surface area contributed by atoms with Gasteiger partial charge in [-0.25, -0.2) is 25.5 Å². The second kappa shape index (κ2) is 12.5. The van der Waals surface area contributed by atoms with E-state index in [1.54, 1.807) is 6.07 Å². The zero-order chi connectivity index (χ0) is 28.9. The predicted octanol–water partition coefficient (Wildman–Crippen LogP) is 1.98. The van der Waals surface area contributed by atoms with Gasteiger partial charge in [0.15, 0.2) is 21.3 Å². The van der Waals surface area contributed by atoms with E-state index < -0.39 is 48.5 Å². The molecular weight excluding hydrogens is 565 g/mol. The Kier molecular flexibility index (Phi) is 9.31. The summed E-state index contributed by atoms with van der Waals surface area (Å²) in [7, 11) is -6.00. The van der Waals surface area contributed by atoms with Gasteiger partial charge in [-0.2, -0.15) is 0 Å². The van der Waals surface area contributed by atoms with E-state index in [1.165, 1.54) is 41.7 Å². The monoisotopic (exact) mass is 597 g/mol. The van der Waals surface area contributed by atoms with E-state index in [1.807, 2.05) is 0 Å². The summed E-state index contributed by atoms with van der Waals surface area (Å²) in [4.78, 5) is 25.3. The Morgan fingerprint density at radius 3 is 2.58 bits per heavy atom. The number of ether oxygens (including phenoxy) is 2. The van der Waals surface area contributed by atoms with Gasteiger partial charge in [0.05, 0.1) is 23.9 Å². The van der Waals surface area contributed by atoms with Crippen LogP contribution in [0.25, 0.3) is 0 Å². The van der Waals surface area contributed by atoms with Crippen LogP contribution in [0, 0.1) is 5.82 Å². The zero-order valence-corrected chi connectivity index (χ0v) is 23.7. The fourth-order valence-corrected chi connectivity index (χ4v) is 9.25. The minimum Gasteiger partial charge on any atom is -0.493 e. The minimum atomic E-state index is -3.96. The molecule has 40 heavy (non-hydrogen) atoms. The number of sulfonamides is 1. The molecule has 1 atom stereocenters. The van der Waals surface area contributed by atoms with Gasteiger partial charge >= 0.3 is 0 Å². The van der Waals surface area contributed by atoms with Crippen LogP contribution in [0.15, 0.2) is 36.4 Å². The van der Waals surface area contributed by atoms with Gasteiger partial charge in [0.1, 0.15) is 11.6 Å². The lowest BCUT2D eigenvalue weighted by molar-refractivity contribution is -0.121. The van der Waals surface area contributed by atoms with Crippen LogP contribution in [-0.2, 0) is 31.2 Å². The van der Waals surface area contributed by atoms with Crippen LogP contribution < -0.4 is 20.1 Å². The molecule has 2 aromatic carbocycles. The maximum atomic E-state index is 14.7. The quantitative estimate of drug-likeness (QED) is 0.546. The summed E-state index contributed by atoms with van der Waals surface area (Å²) < 4.78 is 77.7. The molecule has 0 radical (unpaired) electrons. The number of nitrogens with zero attached hydrogens (tertiary/aromatic N) is 1. The van der Waals surface area contributed by atoms with Gasteiger partial charge in [0, 0.05) is 43.7 Å². The van der Waals surface area contributed by atoms with Gasteiger partial charge in [-0.05, 0) is 49.6 Å². The van der Waals surface area contributed by atoms with E-state index in [2.05, 4.69) is 10.6 Å². The molecule has 11 nitrogen and oxygen atoms in total. The maximum absolute atomic E-state index is 14.7. The number of nitrogens with one attached hydrogen (secondary N) is 2. The van der Waals surface area contributed by atoms with Crippen molar-refractivity contribution in [2.24, 2.45) is 0 Å². The van der Waals surface area contributed by atoms with Crippen LogP contribution in [0.3, 0.4) is 0 Å². The van der Waals surface area contributed by atoms with Crippen LogP contribution in [-0.4, -0.2) is 76.5 Å². The van der Waals surface area contributed by atoms with Crippen molar-refractivity contribution in [2.45, 2.75) is 37.5 Å². The van der Waals surface area contributed by atoms with Crippen LogP contribution in [0.4, 0.5) is 4.39 Å². The molecule has 0 spiro atoms. The molecule has 1 saturated heterocycles. The summed E-state index contributed by atoms with van der Waals surface area (Å²) in [5.74, 6) is -1.43. The van der Waals surface area contributed by atoms with E-state index in [0.29, 0.717) is 0 Å². The van der Waals surface area contributed by atoms with E-state index >= 15 is 0 Å². The molecule has 3 aliphatic rings. The molecule has 2 amide bonds. The maximum Gasteiger partial charge on any atom is 0.251 e. The molecule has 0 saturated carbocycles. The number of carbonyl (C=O) groups is 2. The summed E-state index contributed by atoms with van der Waals surface area (Å²) in [5, 5.41) is 4.34. The fourth-order valence-electron chi connectivity index (χ4n) is 4.64. The van der Waals surface area contributed by atoms with E-state index in [9.17, 15) is 30.8 Å². The van der Waals surface area contributed by atoms with Crippen molar-refractivity contribution in [3.05, 3.63) is 53.3 Å². The second-order valence-corrected chi connectivity index (χ2v) is 14.1. The number of carbonyl (C=O) groups excluding carboxylic acids is 2. The molecule has 5 rings (SSSR count). The Labute approximate surface area is 233 Å². The van der Waals surface area contributed by atoms with E-state index in [4.69, 9.17) is 9.47 Å². The number of rotatable bonds is 3. The number of benzene rings is 2. The first kappa shape index (κ1) is 29.7. The summed E-state index contributed by atoms with van der Waals surface area (Å²) in [6.45, 7) is 0.00918. The molecule has 2 aromatic rings. The Morgan fingerprint density at radius 1 is 1.07 bits per heavy atom. The Morgan fingerprint density at radius 2 is 1.85 bits per heavy atom. The highest BCUT2D eigenvalue weighted by Gasteiger charge is 2.40. The van der Waals surface area contributed by atoms with Crippen molar-refractivity contribution in [2.75, 3.05) is 38.2 Å². The lowest BCUT2D eigenvalue weighted by Gasteiger charge is -2.25. The summed E-state index contributed by atoms with van der Waals surface area (Å²) in [6.07, 6.45) is 0.413. The third-order valence-electron chi connectivity index (χ3n) is 6.84. The number of hydrogen-bond acceptors (Lipinski definition) is 8. The third kappa shape index (κ3) is 7.09. The van der Waals surface area contributed by atoms with Crippen molar-refractivity contribution in [3.8, 4) is 17.2 Å². The van der Waals surface area contributed by atoms with Crippen LogP contribution in [0.5, 0.6) is 17.2 Å². The first-order valence-electron chi connectivity index (χ1n) is 12.9. The lowest BCUT2D eigenvalue weighted by atomic mass is 10.1. The molecule has 3 aliphatic heterocycles. The molecular formula is C26H32FN3O8S2. The molecule has 1 unspecified atom stereocenters. The van der Waals surface area contributed by atoms with Crippen molar-refractivity contribution >= 4 is 31.7 Å². The van der Waals surface area contributed by atoms with Crippen molar-refractivity contribution in [3.63, 3.8) is 0 Å². The summed E-state index contributed by atoms with van der Waals surface area (Å²) in [6, 6.07) is 8.74. The largest absolute Gasteiger partial charge is 0.493 e.